The standard InChI is InChI=1S/C54H40N4O4/c55-62-61-54-50-36-30-41(23-21-39-25-31-47(32-26-39)56(43-13-5-1-6-14-43)44-15-7-2-8-16-44)37-51(50)53(58(59)60)49-35-29-42(38-52(49)54)24-22-40-27-33-48(34-28-40)57(45-17-9-3-10-18-45)46-19-11-4-12-20-46/h1-38H,55H2/b23-21+,24-22+. The zero-order chi connectivity index (χ0) is 42.3. The lowest BCUT2D eigenvalue weighted by Crippen LogP contribution is -2.09. The van der Waals surface area contributed by atoms with Gasteiger partial charge < -0.3 is 14.7 Å². The second-order valence-electron chi connectivity index (χ2n) is 14.6. The minimum absolute atomic E-state index is 0.0339. The lowest BCUT2D eigenvalue weighted by molar-refractivity contribution is -0.381. The molecule has 0 aliphatic carbocycles. The normalized spacial score (nSPS) is 11.4. The number of hydrogen-bond acceptors (Lipinski definition) is 7. The molecule has 0 aliphatic rings. The molecule has 0 unspecified atom stereocenters. The second kappa shape index (κ2) is 17.9. The van der Waals surface area contributed by atoms with Gasteiger partial charge in [0.1, 0.15) is 0 Å². The lowest BCUT2D eigenvalue weighted by Gasteiger charge is -2.25. The average molecular weight is 809 g/mol. The number of benzene rings is 9. The van der Waals surface area contributed by atoms with E-state index in [0.717, 1.165) is 56.4 Å². The molecule has 0 aromatic heterocycles. The number of nitrogens with two attached hydrogens (primary N) is 1. The molecular weight excluding hydrogens is 769 g/mol. The first-order valence-corrected chi connectivity index (χ1v) is 20.1. The number of para-hydroxylation sites is 4. The molecule has 0 aliphatic heterocycles. The van der Waals surface area contributed by atoms with E-state index in [-0.39, 0.29) is 16.4 Å². The molecule has 300 valence electrons. The minimum atomic E-state index is -0.347. The number of non-ortho nitro benzene ring substituents is 1. The summed E-state index contributed by atoms with van der Waals surface area (Å²) in [6, 6.07) is 68.5. The number of rotatable bonds is 13. The highest BCUT2D eigenvalue weighted by Crippen LogP contribution is 2.44. The highest BCUT2D eigenvalue weighted by atomic mass is 17.3. The number of fused-ring (bicyclic) bond motifs is 2. The summed E-state index contributed by atoms with van der Waals surface area (Å²) >= 11 is 0. The first kappa shape index (κ1) is 39.2. The summed E-state index contributed by atoms with van der Waals surface area (Å²) in [5.41, 5.74) is 9.79. The Hall–Kier alpha value is -8.30. The van der Waals surface area contributed by atoms with Gasteiger partial charge in [0, 0.05) is 44.9 Å². The van der Waals surface area contributed by atoms with Crippen LogP contribution in [0.2, 0.25) is 0 Å². The van der Waals surface area contributed by atoms with Crippen molar-refractivity contribution in [2.75, 3.05) is 9.80 Å². The zero-order valence-electron chi connectivity index (χ0n) is 33.5. The van der Waals surface area contributed by atoms with Crippen LogP contribution in [0.15, 0.2) is 206 Å². The Morgan fingerprint density at radius 2 is 0.742 bits per heavy atom. The van der Waals surface area contributed by atoms with E-state index in [4.69, 9.17) is 15.8 Å². The van der Waals surface area contributed by atoms with Gasteiger partial charge >= 0.3 is 0 Å². The molecular formula is C54H40N4O4. The highest BCUT2D eigenvalue weighted by Gasteiger charge is 2.24. The van der Waals surface area contributed by atoms with Crippen LogP contribution in [0.3, 0.4) is 0 Å². The molecule has 0 bridgehead atoms. The number of anilines is 6. The van der Waals surface area contributed by atoms with Gasteiger partial charge in [-0.05, 0) is 119 Å². The van der Waals surface area contributed by atoms with Crippen molar-refractivity contribution in [2.45, 2.75) is 0 Å². The van der Waals surface area contributed by atoms with Crippen molar-refractivity contribution in [2.24, 2.45) is 5.90 Å². The van der Waals surface area contributed by atoms with Crippen molar-refractivity contribution in [3.8, 4) is 5.75 Å². The molecule has 8 nitrogen and oxygen atoms in total. The summed E-state index contributed by atoms with van der Waals surface area (Å²) in [6.07, 6.45) is 7.90. The Bertz CT molecular complexity index is 2950. The molecule has 0 saturated heterocycles. The molecule has 0 radical (unpaired) electrons. The predicted molar refractivity (Wildman–Crippen MR) is 254 cm³/mol. The summed E-state index contributed by atoms with van der Waals surface area (Å²) in [7, 11) is 0. The van der Waals surface area contributed by atoms with E-state index in [9.17, 15) is 10.1 Å². The van der Waals surface area contributed by atoms with Gasteiger partial charge in [0.2, 0.25) is 0 Å². The van der Waals surface area contributed by atoms with E-state index >= 15 is 0 Å². The molecule has 8 heteroatoms. The topological polar surface area (TPSA) is 94.1 Å². The van der Waals surface area contributed by atoms with Gasteiger partial charge in [0.15, 0.2) is 5.75 Å². The fourth-order valence-electron chi connectivity index (χ4n) is 7.80. The molecule has 62 heavy (non-hydrogen) atoms. The maximum atomic E-state index is 12.8. The van der Waals surface area contributed by atoms with E-state index < -0.39 is 0 Å². The first-order valence-electron chi connectivity index (χ1n) is 20.1. The monoisotopic (exact) mass is 808 g/mol. The van der Waals surface area contributed by atoms with Crippen LogP contribution in [-0.2, 0) is 4.99 Å². The summed E-state index contributed by atoms with van der Waals surface area (Å²) in [4.78, 5) is 27.1. The summed E-state index contributed by atoms with van der Waals surface area (Å²) in [5, 5.41) is 14.6. The Kier molecular flexibility index (Phi) is 11.3. The molecule has 0 amide bonds. The van der Waals surface area contributed by atoms with Crippen LogP contribution in [0.25, 0.3) is 45.8 Å². The van der Waals surface area contributed by atoms with Gasteiger partial charge in [-0.15, -0.1) is 0 Å². The summed E-state index contributed by atoms with van der Waals surface area (Å²) < 4.78 is 0. The van der Waals surface area contributed by atoms with Crippen molar-refractivity contribution in [1.29, 1.82) is 0 Å². The Balaban J connectivity index is 0.999. The van der Waals surface area contributed by atoms with Gasteiger partial charge in [-0.25, -0.2) is 0 Å². The second-order valence-corrected chi connectivity index (χ2v) is 14.6. The van der Waals surface area contributed by atoms with E-state index in [2.05, 4.69) is 107 Å². The van der Waals surface area contributed by atoms with E-state index in [1.807, 2.05) is 115 Å². The third-order valence-corrected chi connectivity index (χ3v) is 10.7. The van der Waals surface area contributed by atoms with Gasteiger partial charge in [0.25, 0.3) is 5.69 Å². The van der Waals surface area contributed by atoms with Crippen LogP contribution < -0.4 is 20.6 Å². The van der Waals surface area contributed by atoms with Crippen LogP contribution in [0.1, 0.15) is 22.3 Å². The smallest absolute Gasteiger partial charge is 0.285 e. The van der Waals surface area contributed by atoms with Crippen molar-refractivity contribution in [3.05, 3.63) is 239 Å². The van der Waals surface area contributed by atoms with Crippen LogP contribution in [0, 0.1) is 10.1 Å². The third-order valence-electron chi connectivity index (χ3n) is 10.7. The maximum Gasteiger partial charge on any atom is 0.285 e. The quantitative estimate of drug-likeness (QED) is 0.0407. The predicted octanol–water partition coefficient (Wildman–Crippen LogP) is 14.4. The number of hydrogen-bond donors (Lipinski definition) is 1. The van der Waals surface area contributed by atoms with Crippen LogP contribution in [0.4, 0.5) is 39.8 Å². The maximum absolute atomic E-state index is 12.8. The summed E-state index contributed by atoms with van der Waals surface area (Å²) in [5.74, 6) is 5.76. The van der Waals surface area contributed by atoms with Gasteiger partial charge in [-0.3, -0.25) is 10.1 Å². The SMILES string of the molecule is NOOc1c2cc(/C=C/c3ccc(N(c4ccccc4)c4ccccc4)cc3)ccc2c([N+](=O)[O-])c2cc(/C=C/c3ccc(N(c4ccccc4)c4ccccc4)cc3)ccc12. The van der Waals surface area contributed by atoms with Crippen molar-refractivity contribution >= 4 is 85.7 Å². The molecule has 0 atom stereocenters. The van der Waals surface area contributed by atoms with Crippen LogP contribution >= 0.6 is 0 Å². The van der Waals surface area contributed by atoms with Gasteiger partial charge in [-0.1, -0.05) is 138 Å². The Labute approximate surface area is 359 Å². The Morgan fingerprint density at radius 3 is 1.13 bits per heavy atom. The number of nitro benzene ring substituents is 1. The van der Waals surface area contributed by atoms with Gasteiger partial charge in [0.05, 0.1) is 15.7 Å². The molecule has 0 spiro atoms. The van der Waals surface area contributed by atoms with Crippen molar-refractivity contribution in [1.82, 2.24) is 0 Å². The molecule has 0 saturated carbocycles. The molecule has 9 aromatic rings. The van der Waals surface area contributed by atoms with Gasteiger partial charge in [-0.2, -0.15) is 5.90 Å². The molecule has 9 aromatic carbocycles. The number of nitrogens with zero attached hydrogens (tertiary/aromatic N) is 3. The third kappa shape index (κ3) is 8.28. The van der Waals surface area contributed by atoms with E-state index in [0.29, 0.717) is 21.5 Å². The van der Waals surface area contributed by atoms with E-state index in [1.54, 1.807) is 18.2 Å². The van der Waals surface area contributed by atoms with Crippen LogP contribution in [0.5, 0.6) is 5.75 Å². The number of nitro groups is 1. The molecule has 0 fully saturated rings. The molecule has 2 N–H and O–H groups in total. The molecule has 9 rings (SSSR count). The largest absolute Gasteiger partial charge is 0.318 e. The fourth-order valence-corrected chi connectivity index (χ4v) is 7.80. The van der Waals surface area contributed by atoms with Crippen molar-refractivity contribution in [3.63, 3.8) is 0 Å². The van der Waals surface area contributed by atoms with Crippen molar-refractivity contribution < 1.29 is 14.8 Å². The highest BCUT2D eigenvalue weighted by molar-refractivity contribution is 6.14. The minimum Gasteiger partial charge on any atom is -0.318 e. The lowest BCUT2D eigenvalue weighted by atomic mass is 9.96. The average Bonchev–Trinajstić information content (AvgIpc) is 3.32. The summed E-state index contributed by atoms with van der Waals surface area (Å²) in [6.45, 7) is 0. The Morgan fingerprint density at radius 1 is 0.403 bits per heavy atom. The van der Waals surface area contributed by atoms with E-state index in [1.165, 1.54) is 0 Å². The fraction of sp³-hybridized carbons (Fsp3) is 0. The molecule has 0 heterocycles. The first-order chi connectivity index (χ1) is 30.5. The van der Waals surface area contributed by atoms with Crippen LogP contribution in [-0.4, -0.2) is 4.92 Å². The zero-order valence-corrected chi connectivity index (χ0v) is 33.5.